The lowest BCUT2D eigenvalue weighted by Gasteiger charge is -2.30. The molecule has 186 valence electrons. The minimum atomic E-state index is -3.70. The lowest BCUT2D eigenvalue weighted by atomic mass is 9.97. The van der Waals surface area contributed by atoms with Gasteiger partial charge in [-0.2, -0.15) is 4.31 Å². The number of carbonyl (C=O) groups is 2. The summed E-state index contributed by atoms with van der Waals surface area (Å²) >= 11 is 0. The van der Waals surface area contributed by atoms with E-state index in [1.165, 1.54) is 11.2 Å². The summed E-state index contributed by atoms with van der Waals surface area (Å²) in [5.41, 5.74) is 2.62. The van der Waals surface area contributed by atoms with Crippen molar-refractivity contribution in [2.75, 3.05) is 23.7 Å². The van der Waals surface area contributed by atoms with Crippen molar-refractivity contribution in [3.63, 3.8) is 0 Å². The van der Waals surface area contributed by atoms with Crippen LogP contribution in [-0.4, -0.2) is 52.6 Å². The van der Waals surface area contributed by atoms with Crippen LogP contribution >= 0.6 is 0 Å². The van der Waals surface area contributed by atoms with E-state index in [0.717, 1.165) is 11.9 Å². The van der Waals surface area contributed by atoms with Crippen LogP contribution in [0, 0.1) is 5.92 Å². The smallest absolute Gasteiger partial charge is 0.243 e. The number of hydrogen-bond acceptors (Lipinski definition) is 6. The Morgan fingerprint density at radius 1 is 1.06 bits per heavy atom. The van der Waals surface area contributed by atoms with Gasteiger partial charge in [0.15, 0.2) is 0 Å². The molecule has 1 aliphatic heterocycles. The van der Waals surface area contributed by atoms with Gasteiger partial charge in [0.1, 0.15) is 5.52 Å². The second-order valence-electron chi connectivity index (χ2n) is 8.87. The van der Waals surface area contributed by atoms with Crippen molar-refractivity contribution >= 4 is 44.2 Å². The van der Waals surface area contributed by atoms with Crippen LogP contribution < -0.4 is 10.6 Å². The van der Waals surface area contributed by atoms with E-state index in [0.29, 0.717) is 29.7 Å². The van der Waals surface area contributed by atoms with Gasteiger partial charge >= 0.3 is 0 Å². The van der Waals surface area contributed by atoms with Crippen LogP contribution in [0.25, 0.3) is 11.0 Å². The molecule has 0 unspecified atom stereocenters. The molecule has 11 heteroatoms. The summed E-state index contributed by atoms with van der Waals surface area (Å²) in [5, 5.41) is 13.9. The van der Waals surface area contributed by atoms with Crippen LogP contribution in [0.1, 0.15) is 46.1 Å². The van der Waals surface area contributed by atoms with Crippen LogP contribution in [-0.2, 0) is 19.6 Å². The van der Waals surface area contributed by atoms with Gasteiger partial charge in [-0.3, -0.25) is 9.59 Å². The number of anilines is 2. The van der Waals surface area contributed by atoms with E-state index in [1.54, 1.807) is 42.5 Å². The van der Waals surface area contributed by atoms with Crippen molar-refractivity contribution in [1.29, 1.82) is 0 Å². The fourth-order valence-corrected chi connectivity index (χ4v) is 5.66. The normalized spacial score (nSPS) is 16.2. The Kier molecular flexibility index (Phi) is 7.18. The van der Waals surface area contributed by atoms with Crippen LogP contribution in [0.15, 0.2) is 47.4 Å². The molecule has 0 saturated carbocycles. The summed E-state index contributed by atoms with van der Waals surface area (Å²) in [6.45, 7) is 6.06. The lowest BCUT2D eigenvalue weighted by Crippen LogP contribution is -2.41. The summed E-state index contributed by atoms with van der Waals surface area (Å²) in [4.78, 5) is 24.0. The van der Waals surface area contributed by atoms with Crippen molar-refractivity contribution in [2.45, 2.75) is 51.0 Å². The van der Waals surface area contributed by atoms with Gasteiger partial charge < -0.3 is 10.6 Å². The number of rotatable bonds is 7. The molecule has 0 bridgehead atoms. The third-order valence-corrected chi connectivity index (χ3v) is 8.28. The minimum Gasteiger partial charge on any atom is -0.326 e. The third-order valence-electron chi connectivity index (χ3n) is 6.39. The molecule has 10 nitrogen and oxygen atoms in total. The van der Waals surface area contributed by atoms with E-state index in [4.69, 9.17) is 0 Å². The standard InChI is InChI=1S/C24H30N6O4S/c1-4-16(2)30-23-10-9-21(15-22(23)27-28-30)35(33,34)29-13-11-18(12-14-29)24(32)26-20-7-5-19(6-8-20)25-17(3)31/h5-10,15-16,18H,4,11-14H2,1-3H3,(H,25,31)(H,26,32)/t16-/m1/s1. The highest BCUT2D eigenvalue weighted by molar-refractivity contribution is 7.89. The quantitative estimate of drug-likeness (QED) is 0.514. The first-order valence-corrected chi connectivity index (χ1v) is 13.2. The highest BCUT2D eigenvalue weighted by atomic mass is 32.2. The molecule has 1 aromatic heterocycles. The van der Waals surface area contributed by atoms with Gasteiger partial charge in [0.05, 0.1) is 16.5 Å². The zero-order valence-electron chi connectivity index (χ0n) is 20.1. The van der Waals surface area contributed by atoms with Gasteiger partial charge in [0.2, 0.25) is 21.8 Å². The summed E-state index contributed by atoms with van der Waals surface area (Å²) in [5.74, 6) is -0.590. The predicted octanol–water partition coefficient (Wildman–Crippen LogP) is 3.40. The SMILES string of the molecule is CC[C@@H](C)n1nnc2cc(S(=O)(=O)N3CCC(C(=O)Nc4ccc(NC(C)=O)cc4)CC3)ccc21. The Balaban J connectivity index is 1.38. The topological polar surface area (TPSA) is 126 Å². The number of carbonyl (C=O) groups excluding carboxylic acids is 2. The first kappa shape index (κ1) is 24.8. The Morgan fingerprint density at radius 3 is 2.29 bits per heavy atom. The maximum atomic E-state index is 13.2. The zero-order valence-corrected chi connectivity index (χ0v) is 20.9. The van der Waals surface area contributed by atoms with E-state index < -0.39 is 10.0 Å². The number of piperidine rings is 1. The second-order valence-corrected chi connectivity index (χ2v) is 10.8. The monoisotopic (exact) mass is 498 g/mol. The van der Waals surface area contributed by atoms with Gasteiger partial charge in [0.25, 0.3) is 0 Å². The van der Waals surface area contributed by atoms with Gasteiger partial charge in [-0.25, -0.2) is 13.1 Å². The molecule has 2 aromatic carbocycles. The van der Waals surface area contributed by atoms with Crippen molar-refractivity contribution in [3.8, 4) is 0 Å². The van der Waals surface area contributed by atoms with Gasteiger partial charge in [-0.05, 0) is 68.7 Å². The van der Waals surface area contributed by atoms with E-state index in [1.807, 2.05) is 11.6 Å². The molecule has 2 N–H and O–H groups in total. The third kappa shape index (κ3) is 5.35. The summed E-state index contributed by atoms with van der Waals surface area (Å²) in [7, 11) is -3.70. The number of hydrogen-bond donors (Lipinski definition) is 2. The Morgan fingerprint density at radius 2 is 1.69 bits per heavy atom. The molecule has 1 aliphatic rings. The summed E-state index contributed by atoms with van der Waals surface area (Å²) in [6.07, 6.45) is 1.76. The first-order chi connectivity index (χ1) is 16.7. The van der Waals surface area contributed by atoms with Crippen LogP contribution in [0.2, 0.25) is 0 Å². The van der Waals surface area contributed by atoms with Crippen molar-refractivity contribution in [1.82, 2.24) is 19.3 Å². The molecular weight excluding hydrogens is 468 g/mol. The van der Waals surface area contributed by atoms with E-state index in [2.05, 4.69) is 27.9 Å². The number of nitrogens with zero attached hydrogens (tertiary/aromatic N) is 4. The number of fused-ring (bicyclic) bond motifs is 1. The molecule has 3 aromatic rings. The lowest BCUT2D eigenvalue weighted by molar-refractivity contribution is -0.121. The molecule has 4 rings (SSSR count). The second kappa shape index (κ2) is 10.1. The van der Waals surface area contributed by atoms with Crippen LogP contribution in [0.4, 0.5) is 11.4 Å². The zero-order chi connectivity index (χ0) is 25.2. The summed E-state index contributed by atoms with van der Waals surface area (Å²) in [6, 6.07) is 12.0. The van der Waals surface area contributed by atoms with E-state index in [9.17, 15) is 18.0 Å². The molecule has 1 fully saturated rings. The number of amides is 2. The average molecular weight is 499 g/mol. The van der Waals surface area contributed by atoms with Crippen molar-refractivity contribution in [2.24, 2.45) is 5.92 Å². The molecule has 2 amide bonds. The first-order valence-electron chi connectivity index (χ1n) is 11.7. The molecule has 1 atom stereocenters. The molecule has 1 saturated heterocycles. The maximum absolute atomic E-state index is 13.2. The molecule has 0 aliphatic carbocycles. The van der Waals surface area contributed by atoms with Crippen molar-refractivity contribution < 1.29 is 18.0 Å². The van der Waals surface area contributed by atoms with Crippen LogP contribution in [0.3, 0.4) is 0 Å². The number of aromatic nitrogens is 3. The molecule has 35 heavy (non-hydrogen) atoms. The highest BCUT2D eigenvalue weighted by Gasteiger charge is 2.32. The van der Waals surface area contributed by atoms with Gasteiger partial charge in [-0.1, -0.05) is 12.1 Å². The summed E-state index contributed by atoms with van der Waals surface area (Å²) < 4.78 is 29.7. The molecule has 0 radical (unpaired) electrons. The predicted molar refractivity (Wildman–Crippen MR) is 133 cm³/mol. The largest absolute Gasteiger partial charge is 0.326 e. The number of benzene rings is 2. The van der Waals surface area contributed by atoms with E-state index >= 15 is 0 Å². The van der Waals surface area contributed by atoms with E-state index in [-0.39, 0.29) is 41.8 Å². The Labute approximate surface area is 204 Å². The van der Waals surface area contributed by atoms with Crippen molar-refractivity contribution in [3.05, 3.63) is 42.5 Å². The number of nitrogens with one attached hydrogen (secondary N) is 2. The minimum absolute atomic E-state index is 0.141. The molecular formula is C24H30N6O4S. The van der Waals surface area contributed by atoms with Gasteiger partial charge in [-0.15, -0.1) is 5.10 Å². The fourth-order valence-electron chi connectivity index (χ4n) is 4.17. The Bertz CT molecular complexity index is 1330. The Hall–Kier alpha value is -3.31. The number of sulfonamides is 1. The maximum Gasteiger partial charge on any atom is 0.243 e. The highest BCUT2D eigenvalue weighted by Crippen LogP contribution is 2.27. The molecule has 2 heterocycles. The fraction of sp³-hybridized carbons (Fsp3) is 0.417. The van der Waals surface area contributed by atoms with Gasteiger partial charge in [0, 0.05) is 37.3 Å². The average Bonchev–Trinajstić information content (AvgIpc) is 3.28. The molecule has 0 spiro atoms. The van der Waals surface area contributed by atoms with Crippen LogP contribution in [0.5, 0.6) is 0 Å².